The molecule has 2 N–H and O–H groups in total. The summed E-state index contributed by atoms with van der Waals surface area (Å²) >= 11 is 1.42. The highest BCUT2D eigenvalue weighted by Crippen LogP contribution is 2.37. The topological polar surface area (TPSA) is 101 Å². The number of hydrogen-bond donors (Lipinski definition) is 2. The fraction of sp³-hybridized carbons (Fsp3) is 0.0732. The van der Waals surface area contributed by atoms with Crippen LogP contribution < -0.4 is 0 Å². The Bertz CT molecular complexity index is 2670. The van der Waals surface area contributed by atoms with E-state index in [9.17, 15) is 10.2 Å². The molecule has 0 bridgehead atoms. The molecule has 8 nitrogen and oxygen atoms in total. The van der Waals surface area contributed by atoms with Gasteiger partial charge in [0.25, 0.3) is 0 Å². The number of aryl methyl sites for hydroxylation is 1. The van der Waals surface area contributed by atoms with Gasteiger partial charge in [0.1, 0.15) is 23.5 Å². The lowest BCUT2D eigenvalue weighted by atomic mass is 10.0. The summed E-state index contributed by atoms with van der Waals surface area (Å²) in [4.78, 5) is 19.4. The molecule has 9 aromatic rings. The van der Waals surface area contributed by atoms with Crippen molar-refractivity contribution in [3.8, 4) is 44.9 Å². The number of rotatable bonds is 7. The van der Waals surface area contributed by atoms with E-state index in [1.807, 2.05) is 106 Å². The predicted octanol–water partition coefficient (Wildman–Crippen LogP) is 8.73. The van der Waals surface area contributed by atoms with E-state index in [2.05, 4.69) is 47.2 Å². The van der Waals surface area contributed by atoms with Gasteiger partial charge < -0.3 is 19.0 Å². The lowest BCUT2D eigenvalue weighted by Gasteiger charge is -2.17. The molecule has 242 valence electrons. The van der Waals surface area contributed by atoms with Gasteiger partial charge in [0.2, 0.25) is 0 Å². The first-order chi connectivity index (χ1) is 24.4. The van der Waals surface area contributed by atoms with Crippen LogP contribution >= 0.6 is 11.3 Å². The van der Waals surface area contributed by atoms with Crippen molar-refractivity contribution in [2.75, 3.05) is 0 Å². The molecule has 0 spiro atoms. The number of hydrogen-bond acceptors (Lipinski definition) is 7. The molecule has 0 amide bonds. The molecule has 7 aromatic heterocycles. The standard InChI is InChI=1S/C41H30N6O2S/c1-25-6-8-26(9-7-25)35-22-46-20-29(10-12-38(46)44-35)32-18-37(50-24-32)41(49)40(48)28-14-15-42-34(17-28)30-11-13-39-45-36(23-47(39)21-30)31-16-27-4-2-3-5-33(27)43-19-31/h2-24,40-41,48-49H,1H3. The van der Waals surface area contributed by atoms with E-state index in [1.165, 1.54) is 16.9 Å². The van der Waals surface area contributed by atoms with Crippen molar-refractivity contribution in [3.05, 3.63) is 156 Å². The van der Waals surface area contributed by atoms with Crippen LogP contribution in [0.15, 0.2) is 140 Å². The molecule has 2 unspecified atom stereocenters. The van der Waals surface area contributed by atoms with E-state index in [0.717, 1.165) is 61.4 Å². The first-order valence-corrected chi connectivity index (χ1v) is 17.1. The van der Waals surface area contributed by atoms with Crippen molar-refractivity contribution in [2.24, 2.45) is 0 Å². The molecule has 0 aliphatic carbocycles. The molecular formula is C41H30N6O2S. The Kier molecular flexibility index (Phi) is 7.31. The number of fused-ring (bicyclic) bond motifs is 3. The molecular weight excluding hydrogens is 641 g/mol. The quantitative estimate of drug-likeness (QED) is 0.176. The smallest absolute Gasteiger partial charge is 0.137 e. The second-order valence-electron chi connectivity index (χ2n) is 12.5. The highest BCUT2D eigenvalue weighted by molar-refractivity contribution is 7.10. The van der Waals surface area contributed by atoms with Crippen molar-refractivity contribution >= 4 is 33.5 Å². The van der Waals surface area contributed by atoms with Gasteiger partial charge in [-0.25, -0.2) is 9.97 Å². The highest BCUT2D eigenvalue weighted by Gasteiger charge is 2.23. The maximum Gasteiger partial charge on any atom is 0.137 e. The Morgan fingerprint density at radius 1 is 0.600 bits per heavy atom. The van der Waals surface area contributed by atoms with Crippen LogP contribution in [-0.4, -0.2) is 39.0 Å². The van der Waals surface area contributed by atoms with Gasteiger partial charge in [0.15, 0.2) is 0 Å². The molecule has 0 radical (unpaired) electrons. The predicted molar refractivity (Wildman–Crippen MR) is 198 cm³/mol. The van der Waals surface area contributed by atoms with Gasteiger partial charge in [-0.15, -0.1) is 11.3 Å². The molecule has 50 heavy (non-hydrogen) atoms. The van der Waals surface area contributed by atoms with Crippen LogP contribution in [0.2, 0.25) is 0 Å². The molecule has 0 fully saturated rings. The first kappa shape index (κ1) is 30.1. The van der Waals surface area contributed by atoms with Crippen molar-refractivity contribution in [3.63, 3.8) is 0 Å². The zero-order chi connectivity index (χ0) is 33.8. The lowest BCUT2D eigenvalue weighted by Crippen LogP contribution is -2.09. The zero-order valence-electron chi connectivity index (χ0n) is 26.9. The fourth-order valence-corrected chi connectivity index (χ4v) is 7.24. The van der Waals surface area contributed by atoms with E-state index < -0.39 is 12.2 Å². The molecule has 0 aliphatic rings. The molecule has 7 heterocycles. The minimum atomic E-state index is -1.14. The van der Waals surface area contributed by atoms with Gasteiger partial charge >= 0.3 is 0 Å². The van der Waals surface area contributed by atoms with Crippen LogP contribution in [0, 0.1) is 6.92 Å². The number of nitrogens with zero attached hydrogens (tertiary/aromatic N) is 6. The van der Waals surface area contributed by atoms with Crippen molar-refractivity contribution in [1.29, 1.82) is 0 Å². The normalized spacial score (nSPS) is 12.9. The maximum absolute atomic E-state index is 11.3. The Balaban J connectivity index is 0.945. The van der Waals surface area contributed by atoms with Crippen molar-refractivity contribution in [1.82, 2.24) is 28.7 Å². The van der Waals surface area contributed by atoms with Crippen LogP contribution in [0.4, 0.5) is 0 Å². The monoisotopic (exact) mass is 670 g/mol. The number of aromatic nitrogens is 6. The third kappa shape index (κ3) is 5.53. The number of pyridine rings is 4. The molecule has 2 atom stereocenters. The van der Waals surface area contributed by atoms with Gasteiger partial charge in [0, 0.05) is 64.1 Å². The van der Waals surface area contributed by atoms with E-state index in [1.54, 1.807) is 12.3 Å². The number of thiophene rings is 1. The second kappa shape index (κ2) is 12.2. The second-order valence-corrected chi connectivity index (χ2v) is 13.4. The van der Waals surface area contributed by atoms with Crippen molar-refractivity contribution < 1.29 is 10.2 Å². The van der Waals surface area contributed by atoms with Gasteiger partial charge in [-0.1, -0.05) is 48.0 Å². The van der Waals surface area contributed by atoms with Crippen molar-refractivity contribution in [2.45, 2.75) is 19.1 Å². The molecule has 9 heteroatoms. The summed E-state index contributed by atoms with van der Waals surface area (Å²) in [5.74, 6) is 0. The lowest BCUT2D eigenvalue weighted by molar-refractivity contribution is 0.0195. The number of imidazole rings is 2. The average Bonchev–Trinajstić information content (AvgIpc) is 3.93. The Hall–Kier alpha value is -6.00. The van der Waals surface area contributed by atoms with Gasteiger partial charge in [-0.05, 0) is 83.6 Å². The summed E-state index contributed by atoms with van der Waals surface area (Å²) in [5, 5.41) is 25.7. The maximum atomic E-state index is 11.3. The van der Waals surface area contributed by atoms with Gasteiger partial charge in [0.05, 0.1) is 22.6 Å². The fourth-order valence-electron chi connectivity index (χ4n) is 6.31. The molecule has 0 saturated carbocycles. The van der Waals surface area contributed by atoms with E-state index >= 15 is 0 Å². The Labute approximate surface area is 291 Å². The van der Waals surface area contributed by atoms with Crippen LogP contribution in [0.5, 0.6) is 0 Å². The Morgan fingerprint density at radius 3 is 2.10 bits per heavy atom. The third-order valence-corrected chi connectivity index (χ3v) is 10.1. The number of aliphatic hydroxyl groups excluding tert-OH is 2. The summed E-state index contributed by atoms with van der Waals surface area (Å²) in [6.07, 6.45) is 9.29. The summed E-state index contributed by atoms with van der Waals surface area (Å²) in [5.41, 5.74) is 11.7. The van der Waals surface area contributed by atoms with Gasteiger partial charge in [-0.2, -0.15) is 0 Å². The van der Waals surface area contributed by atoms with Crippen LogP contribution in [-0.2, 0) is 0 Å². The van der Waals surface area contributed by atoms with E-state index in [0.29, 0.717) is 16.1 Å². The molecule has 0 saturated heterocycles. The molecule has 2 aromatic carbocycles. The molecule has 9 rings (SSSR count). The molecule has 0 aliphatic heterocycles. The SMILES string of the molecule is Cc1ccc(-c2cn3cc(-c4csc(C(O)C(O)c5ccnc(-c6ccc7nc(-c8cnc9ccccc9c8)cn7c6)c5)c4)ccc3n2)cc1. The largest absolute Gasteiger partial charge is 0.385 e. The van der Waals surface area contributed by atoms with Crippen LogP contribution in [0.1, 0.15) is 28.2 Å². The van der Waals surface area contributed by atoms with Gasteiger partial charge in [-0.3, -0.25) is 9.97 Å². The number of aliphatic hydroxyl groups is 2. The summed E-state index contributed by atoms with van der Waals surface area (Å²) < 4.78 is 3.99. The van der Waals surface area contributed by atoms with E-state index in [4.69, 9.17) is 9.97 Å². The Morgan fingerprint density at radius 2 is 1.30 bits per heavy atom. The number of para-hydroxylation sites is 1. The highest BCUT2D eigenvalue weighted by atomic mass is 32.1. The third-order valence-electron chi connectivity index (χ3n) is 9.10. The number of benzene rings is 2. The van der Waals surface area contributed by atoms with Crippen LogP contribution in [0.25, 0.3) is 67.1 Å². The average molecular weight is 671 g/mol. The minimum absolute atomic E-state index is 0.578. The first-order valence-electron chi connectivity index (χ1n) is 16.3. The summed E-state index contributed by atoms with van der Waals surface area (Å²) in [7, 11) is 0. The zero-order valence-corrected chi connectivity index (χ0v) is 27.7. The summed E-state index contributed by atoms with van der Waals surface area (Å²) in [6, 6.07) is 31.9. The summed E-state index contributed by atoms with van der Waals surface area (Å²) in [6.45, 7) is 2.07. The van der Waals surface area contributed by atoms with E-state index in [-0.39, 0.29) is 0 Å². The van der Waals surface area contributed by atoms with Crippen LogP contribution in [0.3, 0.4) is 0 Å². The minimum Gasteiger partial charge on any atom is -0.385 e.